The zero-order valence-electron chi connectivity index (χ0n) is 13.2. The Bertz CT molecular complexity index is 629. The van der Waals surface area contributed by atoms with E-state index in [0.717, 1.165) is 6.42 Å². The van der Waals surface area contributed by atoms with Crippen LogP contribution in [-0.2, 0) is 0 Å². The van der Waals surface area contributed by atoms with Gasteiger partial charge in [0.1, 0.15) is 5.56 Å². The van der Waals surface area contributed by atoms with Gasteiger partial charge in [0.2, 0.25) is 5.88 Å². The first-order valence-electron chi connectivity index (χ1n) is 7.33. The summed E-state index contributed by atoms with van der Waals surface area (Å²) in [6.45, 7) is 4.54. The molecule has 1 heterocycles. The number of hydrogen-bond acceptors (Lipinski definition) is 4. The predicted molar refractivity (Wildman–Crippen MR) is 85.1 cm³/mol. The maximum Gasteiger partial charge on any atom is 0.256 e. The molecule has 0 radical (unpaired) electrons. The van der Waals surface area contributed by atoms with Gasteiger partial charge in [0, 0.05) is 6.54 Å². The fourth-order valence-electron chi connectivity index (χ4n) is 2.24. The normalized spacial score (nSPS) is 11.8. The van der Waals surface area contributed by atoms with Gasteiger partial charge in [-0.1, -0.05) is 37.3 Å². The number of carbonyl (C=O) groups is 1. The lowest BCUT2D eigenvalue weighted by molar-refractivity contribution is 0.0948. The minimum Gasteiger partial charge on any atom is -0.479 e. The molecule has 1 aromatic carbocycles. The first kappa shape index (κ1) is 15.9. The van der Waals surface area contributed by atoms with Gasteiger partial charge in [-0.3, -0.25) is 4.79 Å². The van der Waals surface area contributed by atoms with Crippen molar-refractivity contribution in [1.29, 1.82) is 0 Å². The molecule has 1 atom stereocenters. The molecular formula is C17H21N3O2. The molecule has 5 heteroatoms. The number of ether oxygens (including phenoxy) is 1. The van der Waals surface area contributed by atoms with Crippen LogP contribution in [0.1, 0.15) is 40.9 Å². The topological polar surface area (TPSA) is 64.1 Å². The number of hydrogen-bond donors (Lipinski definition) is 1. The fraction of sp³-hybridized carbons (Fsp3) is 0.353. The summed E-state index contributed by atoms with van der Waals surface area (Å²) in [6, 6.07) is 11.9. The zero-order valence-corrected chi connectivity index (χ0v) is 13.2. The van der Waals surface area contributed by atoms with Gasteiger partial charge < -0.3 is 10.1 Å². The average Bonchev–Trinajstić information content (AvgIpc) is 2.55. The van der Waals surface area contributed by atoms with Crippen molar-refractivity contribution in [3.8, 4) is 5.88 Å². The van der Waals surface area contributed by atoms with Crippen molar-refractivity contribution in [2.24, 2.45) is 0 Å². The SMILES string of the molecule is COc1nnc(C)cc1C(=O)NCCC(C)c1ccccc1. The molecule has 0 fully saturated rings. The summed E-state index contributed by atoms with van der Waals surface area (Å²) in [7, 11) is 1.48. The summed E-state index contributed by atoms with van der Waals surface area (Å²) in [4.78, 5) is 12.2. The van der Waals surface area contributed by atoms with E-state index in [1.807, 2.05) is 18.2 Å². The molecule has 0 spiro atoms. The van der Waals surface area contributed by atoms with E-state index in [0.29, 0.717) is 23.7 Å². The molecule has 1 unspecified atom stereocenters. The summed E-state index contributed by atoms with van der Waals surface area (Å²) in [5, 5.41) is 10.7. The largest absolute Gasteiger partial charge is 0.479 e. The summed E-state index contributed by atoms with van der Waals surface area (Å²) in [5.74, 6) is 0.454. The Morgan fingerprint density at radius 3 is 2.68 bits per heavy atom. The highest BCUT2D eigenvalue weighted by molar-refractivity contribution is 5.96. The monoisotopic (exact) mass is 299 g/mol. The van der Waals surface area contributed by atoms with Crippen LogP contribution in [0.3, 0.4) is 0 Å². The van der Waals surface area contributed by atoms with Gasteiger partial charge in [-0.15, -0.1) is 5.10 Å². The number of benzene rings is 1. The number of amides is 1. The average molecular weight is 299 g/mol. The molecule has 116 valence electrons. The van der Waals surface area contributed by atoms with E-state index in [4.69, 9.17) is 4.74 Å². The second-order valence-electron chi connectivity index (χ2n) is 5.26. The fourth-order valence-corrected chi connectivity index (χ4v) is 2.24. The molecule has 0 aliphatic rings. The maximum atomic E-state index is 12.2. The third kappa shape index (κ3) is 4.04. The second-order valence-corrected chi connectivity index (χ2v) is 5.26. The first-order chi connectivity index (χ1) is 10.6. The van der Waals surface area contributed by atoms with Gasteiger partial charge in [-0.05, 0) is 30.9 Å². The Morgan fingerprint density at radius 2 is 2.00 bits per heavy atom. The van der Waals surface area contributed by atoms with Gasteiger partial charge in [0.05, 0.1) is 12.8 Å². The molecule has 0 aliphatic carbocycles. The molecule has 5 nitrogen and oxygen atoms in total. The van der Waals surface area contributed by atoms with Gasteiger partial charge in [0.15, 0.2) is 0 Å². The van der Waals surface area contributed by atoms with E-state index in [1.165, 1.54) is 12.7 Å². The molecule has 1 aromatic heterocycles. The molecule has 0 saturated heterocycles. The third-order valence-electron chi connectivity index (χ3n) is 3.55. The van der Waals surface area contributed by atoms with Crippen LogP contribution in [0.5, 0.6) is 5.88 Å². The van der Waals surface area contributed by atoms with E-state index in [-0.39, 0.29) is 11.8 Å². The molecular weight excluding hydrogens is 278 g/mol. The van der Waals surface area contributed by atoms with Crippen molar-refractivity contribution in [2.75, 3.05) is 13.7 Å². The molecule has 0 aliphatic heterocycles. The Hall–Kier alpha value is -2.43. The highest BCUT2D eigenvalue weighted by Crippen LogP contribution is 2.18. The molecule has 1 amide bonds. The Labute approximate surface area is 130 Å². The Morgan fingerprint density at radius 1 is 1.27 bits per heavy atom. The summed E-state index contributed by atoms with van der Waals surface area (Å²) in [5.41, 5.74) is 2.38. The zero-order chi connectivity index (χ0) is 15.9. The number of aromatic nitrogens is 2. The van der Waals surface area contributed by atoms with Crippen LogP contribution >= 0.6 is 0 Å². The third-order valence-corrected chi connectivity index (χ3v) is 3.55. The molecule has 2 rings (SSSR count). The Balaban J connectivity index is 1.92. The van der Waals surface area contributed by atoms with Crippen molar-refractivity contribution >= 4 is 5.91 Å². The van der Waals surface area contributed by atoms with Crippen molar-refractivity contribution in [2.45, 2.75) is 26.2 Å². The molecule has 22 heavy (non-hydrogen) atoms. The molecule has 0 saturated carbocycles. The summed E-state index contributed by atoms with van der Waals surface area (Å²) in [6.07, 6.45) is 0.871. The van der Waals surface area contributed by atoms with Gasteiger partial charge >= 0.3 is 0 Å². The number of methoxy groups -OCH3 is 1. The van der Waals surface area contributed by atoms with Crippen LogP contribution in [-0.4, -0.2) is 29.8 Å². The number of rotatable bonds is 6. The lowest BCUT2D eigenvalue weighted by atomic mass is 9.98. The van der Waals surface area contributed by atoms with Crippen LogP contribution in [0.4, 0.5) is 0 Å². The lowest BCUT2D eigenvalue weighted by Gasteiger charge is -2.13. The van der Waals surface area contributed by atoms with E-state index < -0.39 is 0 Å². The van der Waals surface area contributed by atoms with E-state index >= 15 is 0 Å². The second kappa shape index (κ2) is 7.54. The summed E-state index contributed by atoms with van der Waals surface area (Å²) < 4.78 is 5.08. The Kier molecular flexibility index (Phi) is 5.47. The van der Waals surface area contributed by atoms with Crippen molar-refractivity contribution < 1.29 is 9.53 Å². The van der Waals surface area contributed by atoms with Gasteiger partial charge in [0.25, 0.3) is 5.91 Å². The highest BCUT2D eigenvalue weighted by Gasteiger charge is 2.15. The molecule has 2 aromatic rings. The minimum atomic E-state index is -0.185. The minimum absolute atomic E-state index is 0.185. The number of nitrogens with one attached hydrogen (secondary N) is 1. The van der Waals surface area contributed by atoms with Crippen LogP contribution in [0.15, 0.2) is 36.4 Å². The van der Waals surface area contributed by atoms with Crippen molar-refractivity contribution in [3.05, 3.63) is 53.2 Å². The van der Waals surface area contributed by atoms with Gasteiger partial charge in [-0.2, -0.15) is 5.10 Å². The quantitative estimate of drug-likeness (QED) is 0.890. The van der Waals surface area contributed by atoms with Crippen LogP contribution in [0, 0.1) is 6.92 Å². The summed E-state index contributed by atoms with van der Waals surface area (Å²) >= 11 is 0. The molecule has 1 N–H and O–H groups in total. The number of aryl methyl sites for hydroxylation is 1. The predicted octanol–water partition coefficient (Wildman–Crippen LogP) is 2.72. The number of carbonyl (C=O) groups excluding carboxylic acids is 1. The van der Waals surface area contributed by atoms with E-state index in [9.17, 15) is 4.79 Å². The van der Waals surface area contributed by atoms with Crippen LogP contribution < -0.4 is 10.1 Å². The van der Waals surface area contributed by atoms with Crippen LogP contribution in [0.25, 0.3) is 0 Å². The maximum absolute atomic E-state index is 12.2. The van der Waals surface area contributed by atoms with Crippen molar-refractivity contribution in [3.63, 3.8) is 0 Å². The molecule has 0 bridgehead atoms. The first-order valence-corrected chi connectivity index (χ1v) is 7.33. The lowest BCUT2D eigenvalue weighted by Crippen LogP contribution is -2.26. The van der Waals surface area contributed by atoms with E-state index in [1.54, 1.807) is 13.0 Å². The number of nitrogens with zero attached hydrogens (tertiary/aromatic N) is 2. The van der Waals surface area contributed by atoms with Crippen LogP contribution in [0.2, 0.25) is 0 Å². The van der Waals surface area contributed by atoms with E-state index in [2.05, 4.69) is 34.6 Å². The smallest absolute Gasteiger partial charge is 0.256 e. The van der Waals surface area contributed by atoms with Crippen molar-refractivity contribution in [1.82, 2.24) is 15.5 Å². The highest BCUT2D eigenvalue weighted by atomic mass is 16.5. The standard InChI is InChI=1S/C17H21N3O2/c1-12(14-7-5-4-6-8-14)9-10-18-16(21)15-11-13(2)19-20-17(15)22-3/h4-8,11-12H,9-10H2,1-3H3,(H,18,21). The van der Waals surface area contributed by atoms with Gasteiger partial charge in [-0.25, -0.2) is 0 Å².